The van der Waals surface area contributed by atoms with Crippen LogP contribution in [0, 0.1) is 0 Å². The zero-order chi connectivity index (χ0) is 21.7. The molecule has 0 saturated heterocycles. The van der Waals surface area contributed by atoms with Crippen LogP contribution in [0.3, 0.4) is 0 Å². The van der Waals surface area contributed by atoms with Gasteiger partial charge in [0.05, 0.1) is 11.1 Å². The zero-order valence-corrected chi connectivity index (χ0v) is 17.7. The summed E-state index contributed by atoms with van der Waals surface area (Å²) in [6.45, 7) is 1.62. The molecule has 2 aliphatic heterocycles. The van der Waals surface area contributed by atoms with Gasteiger partial charge in [-0.1, -0.05) is 60.7 Å². The Hall–Kier alpha value is -4.18. The molecule has 4 aromatic rings. The van der Waals surface area contributed by atoms with Gasteiger partial charge in [0.15, 0.2) is 0 Å². The molecule has 0 amide bonds. The van der Waals surface area contributed by atoms with Gasteiger partial charge in [-0.15, -0.1) is 0 Å². The molecule has 0 radical (unpaired) electrons. The summed E-state index contributed by atoms with van der Waals surface area (Å²) in [7, 11) is 0. The highest BCUT2D eigenvalue weighted by molar-refractivity contribution is 5.97. The van der Waals surface area contributed by atoms with Gasteiger partial charge in [0.25, 0.3) is 11.7 Å². The summed E-state index contributed by atoms with van der Waals surface area (Å²) in [5, 5.41) is 0. The molecule has 32 heavy (non-hydrogen) atoms. The van der Waals surface area contributed by atoms with E-state index in [0.29, 0.717) is 0 Å². The maximum atomic E-state index is 6.42. The Labute approximate surface area is 187 Å². The smallest absolute Gasteiger partial charge is 0.280 e. The second kappa shape index (κ2) is 7.20. The first-order valence-corrected chi connectivity index (χ1v) is 10.9. The van der Waals surface area contributed by atoms with Crippen LogP contribution < -0.4 is 11.5 Å². The lowest BCUT2D eigenvalue weighted by molar-refractivity contribution is -0.453. The quantitative estimate of drug-likeness (QED) is 0.484. The third kappa shape index (κ3) is 2.92. The van der Waals surface area contributed by atoms with Crippen LogP contribution in [0.4, 0.5) is 11.4 Å². The Morgan fingerprint density at radius 3 is 1.22 bits per heavy atom. The summed E-state index contributed by atoms with van der Waals surface area (Å²) >= 11 is 0. The van der Waals surface area contributed by atoms with Crippen LogP contribution in [-0.4, -0.2) is 20.8 Å². The Balaban J connectivity index is 1.26. The van der Waals surface area contributed by atoms with Gasteiger partial charge < -0.3 is 0 Å². The molecule has 0 aromatic heterocycles. The van der Waals surface area contributed by atoms with E-state index in [4.69, 9.17) is 11.5 Å². The molecule has 0 unspecified atom stereocenters. The molecule has 4 heteroatoms. The maximum Gasteiger partial charge on any atom is 0.280 e. The summed E-state index contributed by atoms with van der Waals surface area (Å²) in [5.41, 5.74) is 22.2. The summed E-state index contributed by atoms with van der Waals surface area (Å²) in [6.07, 6.45) is 0. The summed E-state index contributed by atoms with van der Waals surface area (Å²) < 4.78 is 4.34. The van der Waals surface area contributed by atoms with Crippen molar-refractivity contribution >= 4 is 23.0 Å². The Morgan fingerprint density at radius 1 is 0.469 bits per heavy atom. The van der Waals surface area contributed by atoms with Crippen LogP contribution in [-0.2, 0) is 13.1 Å². The molecule has 2 aliphatic rings. The molecular formula is C28H24N4+2. The predicted molar refractivity (Wildman–Crippen MR) is 129 cm³/mol. The van der Waals surface area contributed by atoms with Crippen molar-refractivity contribution in [3.8, 4) is 11.1 Å². The fourth-order valence-corrected chi connectivity index (χ4v) is 4.75. The lowest BCUT2D eigenvalue weighted by Gasteiger charge is -2.07. The second-order valence-corrected chi connectivity index (χ2v) is 8.35. The number of fused-ring (bicyclic) bond motifs is 2. The number of nitrogens with zero attached hydrogens (tertiary/aromatic N) is 2. The van der Waals surface area contributed by atoms with E-state index in [9.17, 15) is 0 Å². The molecule has 0 spiro atoms. The average molecular weight is 417 g/mol. The second-order valence-electron chi connectivity index (χ2n) is 8.35. The molecule has 0 saturated carbocycles. The fourth-order valence-electron chi connectivity index (χ4n) is 4.75. The van der Waals surface area contributed by atoms with Crippen molar-refractivity contribution in [1.29, 1.82) is 0 Å². The first-order chi connectivity index (χ1) is 15.7. The van der Waals surface area contributed by atoms with Gasteiger partial charge in [0, 0.05) is 11.1 Å². The van der Waals surface area contributed by atoms with E-state index in [0.717, 1.165) is 47.3 Å². The molecule has 6 rings (SSSR count). The molecular weight excluding hydrogens is 392 g/mol. The maximum absolute atomic E-state index is 6.42. The lowest BCUT2D eigenvalue weighted by atomic mass is 10.0. The summed E-state index contributed by atoms with van der Waals surface area (Å²) in [4.78, 5) is 0. The van der Waals surface area contributed by atoms with Crippen molar-refractivity contribution in [1.82, 2.24) is 0 Å². The third-order valence-corrected chi connectivity index (χ3v) is 6.52. The molecule has 4 N–H and O–H groups in total. The van der Waals surface area contributed by atoms with Crippen LogP contribution in [0.1, 0.15) is 22.3 Å². The summed E-state index contributed by atoms with van der Waals surface area (Å²) in [6, 6.07) is 33.9. The van der Waals surface area contributed by atoms with Gasteiger partial charge in [-0.05, 0) is 47.5 Å². The van der Waals surface area contributed by atoms with Gasteiger partial charge in [-0.2, -0.15) is 0 Å². The van der Waals surface area contributed by atoms with E-state index in [1.165, 1.54) is 22.3 Å². The molecule has 0 aliphatic carbocycles. The highest BCUT2D eigenvalue weighted by Gasteiger charge is 2.26. The Kier molecular flexibility index (Phi) is 4.18. The minimum absolute atomic E-state index is 0.812. The monoisotopic (exact) mass is 416 g/mol. The molecule has 0 bridgehead atoms. The van der Waals surface area contributed by atoms with Crippen molar-refractivity contribution < 1.29 is 9.15 Å². The first kappa shape index (κ1) is 18.6. The van der Waals surface area contributed by atoms with E-state index in [-0.39, 0.29) is 0 Å². The number of hydrogen-bond donors (Lipinski definition) is 2. The number of amidine groups is 2. The van der Waals surface area contributed by atoms with Gasteiger partial charge in [-0.25, -0.2) is 9.15 Å². The van der Waals surface area contributed by atoms with Gasteiger partial charge in [0.1, 0.15) is 24.5 Å². The topological polar surface area (TPSA) is 58.1 Å². The van der Waals surface area contributed by atoms with Crippen LogP contribution >= 0.6 is 0 Å². The lowest BCUT2D eigenvalue weighted by Crippen LogP contribution is -2.20. The molecule has 0 fully saturated rings. The molecule has 4 aromatic carbocycles. The van der Waals surface area contributed by atoms with E-state index in [1.54, 1.807) is 0 Å². The van der Waals surface area contributed by atoms with Crippen molar-refractivity contribution in [3.63, 3.8) is 0 Å². The van der Waals surface area contributed by atoms with Crippen molar-refractivity contribution in [2.75, 3.05) is 0 Å². The Bertz CT molecular complexity index is 1300. The Morgan fingerprint density at radius 2 is 0.844 bits per heavy atom. The molecule has 2 heterocycles. The zero-order valence-electron chi connectivity index (χ0n) is 17.7. The standard InChI is InChI=1S/C28H22N4/c29-27-25-7-3-1-5-21(25)17-31(27)23-13-9-19(10-14-23)20-11-15-24(16-12-20)32-18-22-6-2-4-8-26(22)28(32)30/h1-16,29-30H,17-18H2/p+2. The number of rotatable bonds is 3. The van der Waals surface area contributed by atoms with Gasteiger partial charge in [-0.3, -0.25) is 11.5 Å². The average Bonchev–Trinajstić information content (AvgIpc) is 3.37. The normalized spacial score (nSPS) is 14.6. The number of nitrogens with two attached hydrogens (primary N) is 2. The SMILES string of the molecule is NC1=[N+](c2ccc(-c3ccc([N+]4=C(N)c5ccccc5C4)cc3)cc2)Cc2ccccc21. The first-order valence-electron chi connectivity index (χ1n) is 10.9. The molecule has 4 nitrogen and oxygen atoms in total. The van der Waals surface area contributed by atoms with E-state index < -0.39 is 0 Å². The van der Waals surface area contributed by atoms with Gasteiger partial charge in [0.2, 0.25) is 0 Å². The van der Waals surface area contributed by atoms with Crippen LogP contribution in [0.5, 0.6) is 0 Å². The minimum atomic E-state index is 0.812. The van der Waals surface area contributed by atoms with Crippen molar-refractivity contribution in [2.24, 2.45) is 11.5 Å². The number of benzene rings is 4. The van der Waals surface area contributed by atoms with Gasteiger partial charge >= 0.3 is 0 Å². The van der Waals surface area contributed by atoms with Crippen LogP contribution in [0.25, 0.3) is 11.1 Å². The third-order valence-electron chi connectivity index (χ3n) is 6.52. The highest BCUT2D eigenvalue weighted by atomic mass is 15.1. The highest BCUT2D eigenvalue weighted by Crippen LogP contribution is 2.29. The molecule has 154 valence electrons. The largest absolute Gasteiger partial charge is 0.286 e. The fraction of sp³-hybridized carbons (Fsp3) is 0.0714. The van der Waals surface area contributed by atoms with Crippen molar-refractivity contribution in [3.05, 3.63) is 119 Å². The van der Waals surface area contributed by atoms with Crippen molar-refractivity contribution in [2.45, 2.75) is 13.1 Å². The number of hydrogen-bond acceptors (Lipinski definition) is 2. The van der Waals surface area contributed by atoms with E-state index in [2.05, 4.69) is 94.1 Å². The van der Waals surface area contributed by atoms with Crippen LogP contribution in [0.2, 0.25) is 0 Å². The van der Waals surface area contributed by atoms with Crippen LogP contribution in [0.15, 0.2) is 97.1 Å². The van der Waals surface area contributed by atoms with E-state index >= 15 is 0 Å². The minimum Gasteiger partial charge on any atom is -0.286 e. The summed E-state index contributed by atoms with van der Waals surface area (Å²) in [5.74, 6) is 1.64. The van der Waals surface area contributed by atoms with E-state index in [1.807, 2.05) is 12.1 Å². The molecule has 0 atom stereocenters. The predicted octanol–water partition coefficient (Wildman–Crippen LogP) is 4.48.